The van der Waals surface area contributed by atoms with E-state index in [1.54, 1.807) is 0 Å². The third-order valence-electron chi connectivity index (χ3n) is 1.58. The van der Waals surface area contributed by atoms with Crippen LogP contribution in [0.4, 0.5) is 14.6 Å². The molecule has 0 aromatic carbocycles. The average Bonchev–Trinajstić information content (AvgIpc) is 2.01. The van der Waals surface area contributed by atoms with Crippen molar-refractivity contribution in [2.24, 2.45) is 5.73 Å². The Morgan fingerprint density at radius 3 is 2.50 bits per heavy atom. The molecular formula is C7H7F2N3O2. The Morgan fingerprint density at radius 2 is 2.07 bits per heavy atom. The molecule has 0 spiro atoms. The molecule has 5 N–H and O–H groups in total. The number of H-pyrrole nitrogens is 1. The Morgan fingerprint density at radius 1 is 1.50 bits per heavy atom. The summed E-state index contributed by atoms with van der Waals surface area (Å²) in [6, 6.07) is 0.908. The van der Waals surface area contributed by atoms with Gasteiger partial charge in [0.25, 0.3) is 12.0 Å². The van der Waals surface area contributed by atoms with Crippen molar-refractivity contribution in [1.29, 1.82) is 0 Å². The molecule has 0 aliphatic heterocycles. The summed E-state index contributed by atoms with van der Waals surface area (Å²) in [6.07, 6.45) is -3.07. The van der Waals surface area contributed by atoms with Gasteiger partial charge in [0.2, 0.25) is 5.91 Å². The van der Waals surface area contributed by atoms with Crippen LogP contribution in [-0.2, 0) is 0 Å². The van der Waals surface area contributed by atoms with E-state index in [-0.39, 0.29) is 5.82 Å². The van der Waals surface area contributed by atoms with E-state index in [0.717, 1.165) is 6.07 Å². The van der Waals surface area contributed by atoms with Crippen molar-refractivity contribution in [2.45, 2.75) is 6.43 Å². The van der Waals surface area contributed by atoms with Crippen molar-refractivity contribution in [3.63, 3.8) is 0 Å². The topological polar surface area (TPSA) is 102 Å². The Bertz CT molecular complexity index is 427. The van der Waals surface area contributed by atoms with Gasteiger partial charge in [-0.3, -0.25) is 9.59 Å². The Hall–Kier alpha value is -1.92. The molecule has 1 aromatic heterocycles. The minimum atomic E-state index is -3.07. The maximum Gasteiger partial charge on any atom is 0.269 e. The summed E-state index contributed by atoms with van der Waals surface area (Å²) in [4.78, 5) is 23.6. The lowest BCUT2D eigenvalue weighted by Crippen LogP contribution is -2.23. The molecule has 7 heteroatoms. The van der Waals surface area contributed by atoms with E-state index in [9.17, 15) is 18.4 Å². The summed E-state index contributed by atoms with van der Waals surface area (Å²) in [7, 11) is 0. The van der Waals surface area contributed by atoms with Gasteiger partial charge in [-0.05, 0) is 6.07 Å². The third-order valence-corrected chi connectivity index (χ3v) is 1.58. The molecule has 1 heterocycles. The van der Waals surface area contributed by atoms with Crippen LogP contribution in [-0.4, -0.2) is 10.9 Å². The first-order valence-electron chi connectivity index (χ1n) is 3.54. The number of halogens is 2. The molecule has 1 amide bonds. The lowest BCUT2D eigenvalue weighted by Gasteiger charge is -2.04. The molecule has 0 saturated carbocycles. The smallest absolute Gasteiger partial charge is 0.269 e. The summed E-state index contributed by atoms with van der Waals surface area (Å²) >= 11 is 0. The molecule has 0 atom stereocenters. The van der Waals surface area contributed by atoms with Crippen molar-refractivity contribution in [3.8, 4) is 0 Å². The number of hydrogen-bond donors (Lipinski definition) is 3. The van der Waals surface area contributed by atoms with E-state index in [1.807, 2.05) is 4.98 Å². The van der Waals surface area contributed by atoms with Gasteiger partial charge in [-0.15, -0.1) is 0 Å². The highest BCUT2D eigenvalue weighted by atomic mass is 19.3. The molecule has 1 rings (SSSR count). The van der Waals surface area contributed by atoms with Crippen LogP contribution in [0.5, 0.6) is 0 Å². The highest BCUT2D eigenvalue weighted by Crippen LogP contribution is 2.19. The highest BCUT2D eigenvalue weighted by Gasteiger charge is 2.21. The summed E-state index contributed by atoms with van der Waals surface area (Å²) < 4.78 is 24.6. The lowest BCUT2D eigenvalue weighted by molar-refractivity contribution is 0.0985. The SMILES string of the molecule is NC(=O)c1cc(N)[nH]c(=O)c1C(F)F. The standard InChI is InChI=1S/C7H7F2N3O2/c8-5(9)4-2(6(11)13)1-3(10)12-7(4)14/h1,5H,(H2,11,13)(H3,10,12,14). The number of carbonyl (C=O) groups is 1. The summed E-state index contributed by atoms with van der Waals surface area (Å²) in [5.74, 6) is -1.30. The Kier molecular flexibility index (Phi) is 2.50. The zero-order chi connectivity index (χ0) is 10.9. The number of amides is 1. The fourth-order valence-corrected chi connectivity index (χ4v) is 1.01. The number of primary amides is 1. The van der Waals surface area contributed by atoms with Gasteiger partial charge in [0.05, 0.1) is 11.1 Å². The molecule has 0 aliphatic carbocycles. The Balaban J connectivity index is 3.53. The second-order valence-electron chi connectivity index (χ2n) is 2.55. The molecule has 0 saturated heterocycles. The number of nitrogens with two attached hydrogens (primary N) is 2. The number of aromatic nitrogens is 1. The molecule has 0 fully saturated rings. The van der Waals surface area contributed by atoms with Crippen molar-refractivity contribution in [3.05, 3.63) is 27.5 Å². The molecule has 76 valence electrons. The van der Waals surface area contributed by atoms with Crippen LogP contribution in [0.25, 0.3) is 0 Å². The second-order valence-corrected chi connectivity index (χ2v) is 2.55. The number of hydrogen-bond acceptors (Lipinski definition) is 3. The maximum absolute atomic E-state index is 12.3. The van der Waals surface area contributed by atoms with Crippen molar-refractivity contribution in [2.75, 3.05) is 5.73 Å². The van der Waals surface area contributed by atoms with Gasteiger partial charge in [0, 0.05) is 0 Å². The van der Waals surface area contributed by atoms with Crippen LogP contribution in [0.3, 0.4) is 0 Å². The van der Waals surface area contributed by atoms with Crippen LogP contribution in [0, 0.1) is 0 Å². The van der Waals surface area contributed by atoms with E-state index in [4.69, 9.17) is 11.5 Å². The predicted octanol–water partition coefficient (Wildman–Crippen LogP) is -0.00640. The largest absolute Gasteiger partial charge is 0.385 e. The van der Waals surface area contributed by atoms with Crippen LogP contribution < -0.4 is 17.0 Å². The molecule has 0 unspecified atom stereocenters. The van der Waals surface area contributed by atoms with Gasteiger partial charge in [-0.1, -0.05) is 0 Å². The fraction of sp³-hybridized carbons (Fsp3) is 0.143. The molecule has 0 aliphatic rings. The van der Waals surface area contributed by atoms with Gasteiger partial charge in [-0.2, -0.15) is 0 Å². The average molecular weight is 203 g/mol. The molecule has 0 bridgehead atoms. The number of pyridine rings is 1. The summed E-state index contributed by atoms with van der Waals surface area (Å²) in [6.45, 7) is 0. The monoisotopic (exact) mass is 203 g/mol. The lowest BCUT2D eigenvalue weighted by atomic mass is 10.1. The Labute approximate surface area is 76.7 Å². The molecule has 0 radical (unpaired) electrons. The van der Waals surface area contributed by atoms with Gasteiger partial charge >= 0.3 is 0 Å². The van der Waals surface area contributed by atoms with Crippen LogP contribution in [0.2, 0.25) is 0 Å². The van der Waals surface area contributed by atoms with E-state index >= 15 is 0 Å². The third kappa shape index (κ3) is 1.70. The van der Waals surface area contributed by atoms with Crippen LogP contribution in [0.1, 0.15) is 22.3 Å². The maximum atomic E-state index is 12.3. The number of anilines is 1. The number of nitrogen functional groups attached to an aromatic ring is 1. The van der Waals surface area contributed by atoms with E-state index in [1.165, 1.54) is 0 Å². The second kappa shape index (κ2) is 3.44. The van der Waals surface area contributed by atoms with Crippen molar-refractivity contribution < 1.29 is 13.6 Å². The zero-order valence-corrected chi connectivity index (χ0v) is 6.88. The van der Waals surface area contributed by atoms with Crippen molar-refractivity contribution >= 4 is 11.7 Å². The predicted molar refractivity (Wildman–Crippen MR) is 44.9 cm³/mol. The van der Waals surface area contributed by atoms with Gasteiger partial charge in [0.1, 0.15) is 5.82 Å². The highest BCUT2D eigenvalue weighted by molar-refractivity contribution is 5.94. The fourth-order valence-electron chi connectivity index (χ4n) is 1.01. The van der Waals surface area contributed by atoms with E-state index < -0.39 is 29.0 Å². The van der Waals surface area contributed by atoms with E-state index in [0.29, 0.717) is 0 Å². The van der Waals surface area contributed by atoms with Gasteiger partial charge < -0.3 is 16.5 Å². The number of aromatic amines is 1. The first-order valence-corrected chi connectivity index (χ1v) is 3.54. The van der Waals surface area contributed by atoms with Gasteiger partial charge in [-0.25, -0.2) is 8.78 Å². The van der Waals surface area contributed by atoms with Gasteiger partial charge in [0.15, 0.2) is 0 Å². The molecular weight excluding hydrogens is 196 g/mol. The van der Waals surface area contributed by atoms with Crippen LogP contribution >= 0.6 is 0 Å². The minimum Gasteiger partial charge on any atom is -0.385 e. The summed E-state index contributed by atoms with van der Waals surface area (Å²) in [5.41, 5.74) is 7.36. The minimum absolute atomic E-state index is 0.187. The molecule has 5 nitrogen and oxygen atoms in total. The van der Waals surface area contributed by atoms with E-state index in [2.05, 4.69) is 0 Å². The summed E-state index contributed by atoms with van der Waals surface area (Å²) in [5, 5.41) is 0. The number of carbonyl (C=O) groups excluding carboxylic acids is 1. The van der Waals surface area contributed by atoms with Crippen molar-refractivity contribution in [1.82, 2.24) is 4.98 Å². The first kappa shape index (κ1) is 10.2. The first-order chi connectivity index (χ1) is 6.43. The molecule has 14 heavy (non-hydrogen) atoms. The number of rotatable bonds is 2. The molecule has 1 aromatic rings. The van der Waals surface area contributed by atoms with Crippen LogP contribution in [0.15, 0.2) is 10.9 Å². The normalized spacial score (nSPS) is 10.5. The zero-order valence-electron chi connectivity index (χ0n) is 6.88. The quantitative estimate of drug-likeness (QED) is 0.630. The number of alkyl halides is 2. The number of nitrogens with one attached hydrogen (secondary N) is 1.